The van der Waals surface area contributed by atoms with Gasteiger partial charge < -0.3 is 26.0 Å². The largest absolute Gasteiger partial charge is 0.497 e. The molecule has 0 bridgehead atoms. The van der Waals surface area contributed by atoms with Crippen molar-refractivity contribution >= 4 is 52.6 Å². The molecular formula is C34H32Cl2F6N4O6. The molecule has 0 aliphatic heterocycles. The number of hydrogen-bond donors (Lipinski definition) is 4. The molecule has 0 aliphatic rings. The van der Waals surface area contributed by atoms with Gasteiger partial charge in [0.15, 0.2) is 0 Å². The minimum Gasteiger partial charge on any atom is -0.497 e. The third-order valence-electron chi connectivity index (χ3n) is 7.41. The zero-order valence-electron chi connectivity index (χ0n) is 27.5. The second-order valence-electron chi connectivity index (χ2n) is 11.7. The number of carbonyl (C=O) groups is 5. The summed E-state index contributed by atoms with van der Waals surface area (Å²) in [5.74, 6) is -14.4. The number of benzene rings is 3. The average molecular weight is 778 g/mol. The predicted octanol–water partition coefficient (Wildman–Crippen LogP) is 5.36. The number of amides is 4. The zero-order valence-corrected chi connectivity index (χ0v) is 29.1. The van der Waals surface area contributed by atoms with Crippen LogP contribution < -0.4 is 26.0 Å². The van der Waals surface area contributed by atoms with Gasteiger partial charge in [0.1, 0.15) is 30.2 Å². The number of hydrogen-bond acceptors (Lipinski definition) is 6. The van der Waals surface area contributed by atoms with Crippen LogP contribution >= 0.6 is 23.2 Å². The summed E-state index contributed by atoms with van der Waals surface area (Å²) in [5.41, 5.74) is 0.124. The topological polar surface area (TPSA) is 143 Å². The van der Waals surface area contributed by atoms with Crippen molar-refractivity contribution in [1.29, 1.82) is 0 Å². The highest BCUT2D eigenvalue weighted by molar-refractivity contribution is 6.35. The van der Waals surface area contributed by atoms with Crippen LogP contribution in [0.5, 0.6) is 5.75 Å². The van der Waals surface area contributed by atoms with E-state index in [-0.39, 0.29) is 33.2 Å². The molecule has 280 valence electrons. The smallest absolute Gasteiger partial charge is 0.405 e. The normalized spacial score (nSPS) is 13.4. The molecule has 3 rings (SSSR count). The Morgan fingerprint density at radius 3 is 2.06 bits per heavy atom. The minimum atomic E-state index is -5.06. The van der Waals surface area contributed by atoms with Gasteiger partial charge in [-0.25, -0.2) is 4.39 Å². The standard InChI is InChI=1S/C34H32Cl2F6N4O6/c1-17(2)26(28(47)34(41,42)32(51)43-16-33(38,39)40)45-31(50)27(19-7-10-22(52-3)11-8-19)46-30(49)25(14-18-5-4-6-21(37)13-18)44-29(48)23-15-20(35)9-12-24(23)36/h4-13,15,17,25-27H,14,16H2,1-3H3,(H,43,51)(H,44,48)(H,45,50)(H,46,49)/t25-,26-,27-/m0/s1. The van der Waals surface area contributed by atoms with E-state index in [1.807, 2.05) is 0 Å². The number of ketones is 1. The second kappa shape index (κ2) is 17.6. The highest BCUT2D eigenvalue weighted by Gasteiger charge is 2.52. The van der Waals surface area contributed by atoms with Gasteiger partial charge in [0.25, 0.3) is 11.8 Å². The average Bonchev–Trinajstić information content (AvgIpc) is 3.08. The second-order valence-corrected chi connectivity index (χ2v) is 12.5. The van der Waals surface area contributed by atoms with Crippen molar-refractivity contribution in [3.8, 4) is 5.75 Å². The maximum atomic E-state index is 14.9. The maximum Gasteiger partial charge on any atom is 0.405 e. The Balaban J connectivity index is 1.99. The lowest BCUT2D eigenvalue weighted by atomic mass is 9.94. The summed E-state index contributed by atoms with van der Waals surface area (Å²) >= 11 is 12.2. The highest BCUT2D eigenvalue weighted by Crippen LogP contribution is 2.25. The molecule has 3 aromatic rings. The fraction of sp³-hybridized carbons (Fsp3) is 0.324. The van der Waals surface area contributed by atoms with Crippen molar-refractivity contribution in [2.45, 2.75) is 50.5 Å². The summed E-state index contributed by atoms with van der Waals surface area (Å²) in [6, 6.07) is 8.97. The van der Waals surface area contributed by atoms with Crippen LogP contribution in [0.3, 0.4) is 0 Å². The third kappa shape index (κ3) is 11.3. The maximum absolute atomic E-state index is 14.9. The molecule has 3 aromatic carbocycles. The first-order valence-electron chi connectivity index (χ1n) is 15.3. The zero-order chi connectivity index (χ0) is 39.0. The van der Waals surface area contributed by atoms with E-state index in [1.54, 1.807) is 0 Å². The Labute approximate surface area is 303 Å². The molecule has 0 saturated heterocycles. The van der Waals surface area contributed by atoms with E-state index in [0.717, 1.165) is 17.4 Å². The van der Waals surface area contributed by atoms with Crippen LogP contribution in [0.1, 0.15) is 41.4 Å². The van der Waals surface area contributed by atoms with Crippen molar-refractivity contribution in [1.82, 2.24) is 21.3 Å². The Morgan fingerprint density at radius 2 is 1.48 bits per heavy atom. The highest BCUT2D eigenvalue weighted by atomic mass is 35.5. The molecule has 0 fully saturated rings. The lowest BCUT2D eigenvalue weighted by molar-refractivity contribution is -0.165. The summed E-state index contributed by atoms with van der Waals surface area (Å²) in [5, 5.41) is 8.01. The summed E-state index contributed by atoms with van der Waals surface area (Å²) in [6.07, 6.45) is -5.40. The molecule has 0 radical (unpaired) electrons. The molecule has 4 N–H and O–H groups in total. The van der Waals surface area contributed by atoms with E-state index >= 15 is 0 Å². The molecule has 0 unspecified atom stereocenters. The first kappa shape index (κ1) is 41.6. The Bertz CT molecular complexity index is 1790. The number of ether oxygens (including phenoxy) is 1. The van der Waals surface area contributed by atoms with Gasteiger partial charge in [-0.3, -0.25) is 24.0 Å². The van der Waals surface area contributed by atoms with Gasteiger partial charge in [-0.15, -0.1) is 0 Å². The summed E-state index contributed by atoms with van der Waals surface area (Å²) in [7, 11) is 1.34. The predicted molar refractivity (Wildman–Crippen MR) is 177 cm³/mol. The van der Waals surface area contributed by atoms with E-state index < -0.39 is 77.9 Å². The van der Waals surface area contributed by atoms with Crippen LogP contribution in [0.2, 0.25) is 10.0 Å². The lowest BCUT2D eigenvalue weighted by Gasteiger charge is -2.28. The van der Waals surface area contributed by atoms with Crippen molar-refractivity contribution in [2.75, 3.05) is 13.7 Å². The quantitative estimate of drug-likeness (QED) is 0.121. The van der Waals surface area contributed by atoms with Crippen molar-refractivity contribution < 1.29 is 55.1 Å². The summed E-state index contributed by atoms with van der Waals surface area (Å²) < 4.78 is 86.6. The molecular weight excluding hydrogens is 745 g/mol. The van der Waals surface area contributed by atoms with Gasteiger partial charge in [0, 0.05) is 11.4 Å². The number of rotatable bonds is 15. The van der Waals surface area contributed by atoms with Gasteiger partial charge in [0.2, 0.25) is 17.6 Å². The van der Waals surface area contributed by atoms with E-state index in [0.29, 0.717) is 5.75 Å². The van der Waals surface area contributed by atoms with Gasteiger partial charge in [-0.05, 0) is 59.5 Å². The van der Waals surface area contributed by atoms with Crippen LogP contribution in [-0.2, 0) is 25.6 Å². The third-order valence-corrected chi connectivity index (χ3v) is 7.98. The molecule has 0 spiro atoms. The molecule has 0 heterocycles. The number of carbonyl (C=O) groups excluding carboxylic acids is 5. The summed E-state index contributed by atoms with van der Waals surface area (Å²) in [4.78, 5) is 65.9. The molecule has 18 heteroatoms. The molecule has 3 atom stereocenters. The number of Topliss-reactive ketones (excluding diaryl/α,β-unsaturated/α-hetero) is 1. The van der Waals surface area contributed by atoms with Crippen LogP contribution in [0, 0.1) is 11.7 Å². The molecule has 10 nitrogen and oxygen atoms in total. The molecule has 0 saturated carbocycles. The number of methoxy groups -OCH3 is 1. The van der Waals surface area contributed by atoms with E-state index in [1.165, 1.54) is 75.6 Å². The monoisotopic (exact) mass is 776 g/mol. The fourth-order valence-corrected chi connectivity index (χ4v) is 5.10. The van der Waals surface area contributed by atoms with E-state index in [4.69, 9.17) is 27.9 Å². The van der Waals surface area contributed by atoms with E-state index in [9.17, 15) is 50.3 Å². The summed E-state index contributed by atoms with van der Waals surface area (Å²) in [6.45, 7) is 0.300. The Hall–Kier alpha value is -4.83. The minimum absolute atomic E-state index is 0.0185. The first-order valence-corrected chi connectivity index (χ1v) is 16.0. The van der Waals surface area contributed by atoms with Crippen LogP contribution in [0.25, 0.3) is 0 Å². The van der Waals surface area contributed by atoms with Crippen molar-refractivity contribution in [3.63, 3.8) is 0 Å². The van der Waals surface area contributed by atoms with Crippen molar-refractivity contribution in [3.05, 3.63) is 99.3 Å². The SMILES string of the molecule is COc1ccc([C@H](NC(=O)[C@H](Cc2cccc(F)c2)NC(=O)c2cc(Cl)ccc2Cl)C(=O)N[C@H](C(=O)C(F)(F)C(=O)NCC(F)(F)F)C(C)C)cc1. The van der Waals surface area contributed by atoms with Crippen LogP contribution in [0.4, 0.5) is 26.3 Å². The van der Waals surface area contributed by atoms with Crippen molar-refractivity contribution in [2.24, 2.45) is 5.92 Å². The first-order chi connectivity index (χ1) is 24.2. The number of nitrogens with one attached hydrogen (secondary N) is 4. The molecule has 52 heavy (non-hydrogen) atoms. The lowest BCUT2D eigenvalue weighted by Crippen LogP contribution is -2.58. The molecule has 4 amide bonds. The van der Waals surface area contributed by atoms with Gasteiger partial charge in [-0.2, -0.15) is 22.0 Å². The van der Waals surface area contributed by atoms with Crippen LogP contribution in [-0.4, -0.2) is 67.2 Å². The van der Waals surface area contributed by atoms with Gasteiger partial charge in [0.05, 0.1) is 23.7 Å². The Kier molecular flexibility index (Phi) is 14.1. The molecule has 0 aliphatic carbocycles. The number of halogens is 8. The van der Waals surface area contributed by atoms with Gasteiger partial charge >= 0.3 is 12.1 Å². The number of alkyl halides is 5. The molecule has 0 aromatic heterocycles. The fourth-order valence-electron chi connectivity index (χ4n) is 4.73. The van der Waals surface area contributed by atoms with Gasteiger partial charge in [-0.1, -0.05) is 61.3 Å². The van der Waals surface area contributed by atoms with E-state index in [2.05, 4.69) is 16.0 Å². The van der Waals surface area contributed by atoms with Crippen LogP contribution in [0.15, 0.2) is 66.7 Å². The Morgan fingerprint density at radius 1 is 0.827 bits per heavy atom.